The summed E-state index contributed by atoms with van der Waals surface area (Å²) in [6.45, 7) is 2.27. The van der Waals surface area contributed by atoms with Gasteiger partial charge in [-0.15, -0.1) is 0 Å². The van der Waals surface area contributed by atoms with E-state index in [1.54, 1.807) is 0 Å². The van der Waals surface area contributed by atoms with Crippen molar-refractivity contribution in [3.05, 3.63) is 308 Å². The number of rotatable bonds is 13. The molecule has 12 aromatic carbocycles. The van der Waals surface area contributed by atoms with Gasteiger partial charge in [0.05, 0.1) is 5.69 Å². The molecule has 84 heavy (non-hydrogen) atoms. The average Bonchev–Trinajstić information content (AvgIpc) is 2.24. The normalized spacial score (nSPS) is 14.2. The molecule has 3 heteroatoms. The quantitative estimate of drug-likeness (QED) is 0.115. The van der Waals surface area contributed by atoms with Crippen LogP contribution in [0.5, 0.6) is 0 Å². The van der Waals surface area contributed by atoms with Gasteiger partial charge in [0.2, 0.25) is 0 Å². The molecule has 1 saturated carbocycles. The van der Waals surface area contributed by atoms with E-state index in [0.717, 1.165) is 101 Å². The molecule has 1 aromatic heterocycles. The first-order valence-corrected chi connectivity index (χ1v) is 29.7. The van der Waals surface area contributed by atoms with Gasteiger partial charge in [-0.2, -0.15) is 0 Å². The van der Waals surface area contributed by atoms with Crippen molar-refractivity contribution >= 4 is 72.4 Å². The fraction of sp³-hybridized carbons (Fsp3) is 0.0864. The third kappa shape index (κ3) is 9.68. The van der Waals surface area contributed by atoms with E-state index < -0.39 is 0 Å². The van der Waals surface area contributed by atoms with E-state index in [0.29, 0.717) is 5.92 Å². The standard InChI is InChI=1S/C81H62N2O/c1-55-21-23-58(24-22-55)64-35-45-69(46-36-64)82(68-43-33-63(34-44-68)56-11-3-2-4-12-56)70-47-37-66(38-48-70)67-41-51-72(52-42-67)83(71-49-39-65(40-50-71)62-31-29-61(30-32-62)60-27-25-59(26-28-60)57-13-9-14-57)79-54-53-74(73-15-5-6-16-75(73)79)77-18-10-19-78-76-17-7-8-20-80(76)84-81(77)78/h2-8,10-12,15-21,23-55,57H,9,13-14,22H2,1H3. The lowest BCUT2D eigenvalue weighted by Gasteiger charge is -2.28. The van der Waals surface area contributed by atoms with E-state index in [1.807, 2.05) is 6.07 Å². The fourth-order valence-corrected chi connectivity index (χ4v) is 12.7. The molecule has 13 aromatic rings. The summed E-state index contributed by atoms with van der Waals surface area (Å²) in [5, 5.41) is 4.55. The number of fused-ring (bicyclic) bond motifs is 4. The van der Waals surface area contributed by atoms with Crippen molar-refractivity contribution in [3.63, 3.8) is 0 Å². The monoisotopic (exact) mass is 1080 g/mol. The molecule has 0 amide bonds. The van der Waals surface area contributed by atoms with E-state index in [2.05, 4.69) is 308 Å². The summed E-state index contributed by atoms with van der Waals surface area (Å²) in [6, 6.07) is 102. The second kappa shape index (κ2) is 21.9. The third-order valence-corrected chi connectivity index (χ3v) is 17.6. The molecule has 0 saturated heterocycles. The Labute approximate surface area is 492 Å². The first-order valence-electron chi connectivity index (χ1n) is 29.7. The summed E-state index contributed by atoms with van der Waals surface area (Å²) >= 11 is 0. The Morgan fingerprint density at radius 1 is 0.345 bits per heavy atom. The topological polar surface area (TPSA) is 19.6 Å². The van der Waals surface area contributed by atoms with Gasteiger partial charge in [-0.3, -0.25) is 0 Å². The maximum atomic E-state index is 6.63. The van der Waals surface area contributed by atoms with Crippen LogP contribution in [0.4, 0.5) is 34.1 Å². The number of hydrogen-bond donors (Lipinski definition) is 0. The van der Waals surface area contributed by atoms with E-state index >= 15 is 0 Å². The summed E-state index contributed by atoms with van der Waals surface area (Å²) in [4.78, 5) is 4.77. The van der Waals surface area contributed by atoms with Crippen LogP contribution in [0, 0.1) is 5.92 Å². The van der Waals surface area contributed by atoms with Crippen molar-refractivity contribution in [2.45, 2.75) is 38.5 Å². The zero-order valence-corrected chi connectivity index (χ0v) is 47.1. The predicted octanol–water partition coefficient (Wildman–Crippen LogP) is 23.3. The van der Waals surface area contributed by atoms with Gasteiger partial charge >= 0.3 is 0 Å². The van der Waals surface area contributed by atoms with Crippen LogP contribution >= 0.6 is 0 Å². The Kier molecular flexibility index (Phi) is 13.2. The molecular formula is C81H62N2O. The Bertz CT molecular complexity index is 4550. The molecule has 402 valence electrons. The highest BCUT2D eigenvalue weighted by molar-refractivity contribution is 6.14. The van der Waals surface area contributed by atoms with Crippen molar-refractivity contribution in [1.29, 1.82) is 0 Å². The molecule has 0 radical (unpaired) electrons. The number of allylic oxidation sites excluding steroid dienone is 4. The lowest BCUT2D eigenvalue weighted by atomic mass is 9.80. The summed E-state index contributed by atoms with van der Waals surface area (Å²) in [7, 11) is 0. The smallest absolute Gasteiger partial charge is 0.143 e. The molecule has 1 unspecified atom stereocenters. The summed E-state index contributed by atoms with van der Waals surface area (Å²) in [6.07, 6.45) is 12.0. The highest BCUT2D eigenvalue weighted by atomic mass is 16.3. The average molecular weight is 1080 g/mol. The van der Waals surface area contributed by atoms with Gasteiger partial charge in [0.25, 0.3) is 0 Å². The number of anilines is 6. The maximum Gasteiger partial charge on any atom is 0.143 e. The Morgan fingerprint density at radius 2 is 0.786 bits per heavy atom. The lowest BCUT2D eigenvalue weighted by molar-refractivity contribution is 0.420. The Morgan fingerprint density at radius 3 is 1.30 bits per heavy atom. The van der Waals surface area contributed by atoms with Gasteiger partial charge in [-0.25, -0.2) is 0 Å². The zero-order valence-electron chi connectivity index (χ0n) is 47.1. The van der Waals surface area contributed by atoms with E-state index in [-0.39, 0.29) is 0 Å². The number of nitrogens with zero attached hydrogens (tertiary/aromatic N) is 2. The van der Waals surface area contributed by atoms with Crippen molar-refractivity contribution < 1.29 is 4.42 Å². The van der Waals surface area contributed by atoms with Crippen molar-refractivity contribution in [3.8, 4) is 55.6 Å². The molecule has 3 nitrogen and oxygen atoms in total. The van der Waals surface area contributed by atoms with Crippen molar-refractivity contribution in [1.82, 2.24) is 0 Å². The highest BCUT2D eigenvalue weighted by Gasteiger charge is 2.22. The second-order valence-electron chi connectivity index (χ2n) is 22.8. The Balaban J connectivity index is 0.773. The molecule has 0 N–H and O–H groups in total. The van der Waals surface area contributed by atoms with Gasteiger partial charge in [0.15, 0.2) is 0 Å². The third-order valence-electron chi connectivity index (χ3n) is 17.6. The van der Waals surface area contributed by atoms with Crippen LogP contribution in [0.1, 0.15) is 49.7 Å². The maximum absolute atomic E-state index is 6.63. The minimum Gasteiger partial charge on any atom is -0.455 e. The number of benzene rings is 12. The summed E-state index contributed by atoms with van der Waals surface area (Å²) in [5.74, 6) is 1.31. The minimum atomic E-state index is 0.573. The van der Waals surface area contributed by atoms with Crippen molar-refractivity contribution in [2.24, 2.45) is 5.92 Å². The molecular weight excluding hydrogens is 1020 g/mol. The number of furan rings is 1. The predicted molar refractivity (Wildman–Crippen MR) is 355 cm³/mol. The SMILES string of the molecule is CC1C=CC(c2ccc(N(c3ccc(-c4ccccc4)cc3)c3ccc(-c4ccc(N(c5ccc(-c6ccc(-c7ccc(C8CCC8)cc7)cc6)cc5)c5ccc(-c6cccc7c6oc6ccccc67)c6ccccc56)cc4)cc3)cc2)=CC1. The molecule has 0 aliphatic heterocycles. The summed E-state index contributed by atoms with van der Waals surface area (Å²) < 4.78 is 6.63. The number of para-hydroxylation sites is 2. The van der Waals surface area contributed by atoms with Crippen LogP contribution in [0.3, 0.4) is 0 Å². The van der Waals surface area contributed by atoms with Crippen LogP contribution in [0.2, 0.25) is 0 Å². The van der Waals surface area contributed by atoms with Gasteiger partial charge < -0.3 is 14.2 Å². The van der Waals surface area contributed by atoms with Gasteiger partial charge in [0, 0.05) is 50.2 Å². The molecule has 2 aliphatic carbocycles. The van der Waals surface area contributed by atoms with Gasteiger partial charge in [-0.1, -0.05) is 238 Å². The Hall–Kier alpha value is -10.2. The minimum absolute atomic E-state index is 0.573. The first kappa shape index (κ1) is 50.7. The van der Waals surface area contributed by atoms with Crippen LogP contribution in [-0.4, -0.2) is 0 Å². The largest absolute Gasteiger partial charge is 0.455 e. The molecule has 2 aliphatic rings. The number of hydrogen-bond acceptors (Lipinski definition) is 3. The molecule has 15 rings (SSSR count). The van der Waals surface area contributed by atoms with Gasteiger partial charge in [0.1, 0.15) is 11.2 Å². The van der Waals surface area contributed by atoms with Gasteiger partial charge in [-0.05, 0) is 176 Å². The van der Waals surface area contributed by atoms with Crippen LogP contribution < -0.4 is 9.80 Å². The zero-order chi connectivity index (χ0) is 55.9. The first-order chi connectivity index (χ1) is 41.5. The lowest BCUT2D eigenvalue weighted by Crippen LogP contribution is -2.10. The van der Waals surface area contributed by atoms with E-state index in [9.17, 15) is 0 Å². The van der Waals surface area contributed by atoms with E-state index in [4.69, 9.17) is 4.42 Å². The van der Waals surface area contributed by atoms with Crippen LogP contribution in [0.15, 0.2) is 302 Å². The van der Waals surface area contributed by atoms with Crippen LogP contribution in [-0.2, 0) is 0 Å². The molecule has 1 heterocycles. The summed E-state index contributed by atoms with van der Waals surface area (Å²) in [5.41, 5.74) is 24.1. The highest BCUT2D eigenvalue weighted by Crippen LogP contribution is 2.46. The van der Waals surface area contributed by atoms with Crippen molar-refractivity contribution in [2.75, 3.05) is 9.80 Å². The molecule has 0 bridgehead atoms. The molecule has 1 atom stereocenters. The molecule has 1 fully saturated rings. The fourth-order valence-electron chi connectivity index (χ4n) is 12.7. The second-order valence-corrected chi connectivity index (χ2v) is 22.8. The molecule has 0 spiro atoms. The van der Waals surface area contributed by atoms with E-state index in [1.165, 1.54) is 69.3 Å². The van der Waals surface area contributed by atoms with Crippen LogP contribution in [0.25, 0.3) is 93.9 Å².